The number of hydrogen-bond donors (Lipinski definition) is 2. The highest BCUT2D eigenvalue weighted by molar-refractivity contribution is 5.89. The molecule has 0 amide bonds. The van der Waals surface area contributed by atoms with Crippen LogP contribution in [0.1, 0.15) is 11.1 Å². The van der Waals surface area contributed by atoms with E-state index in [9.17, 15) is 4.39 Å². The van der Waals surface area contributed by atoms with Crippen LogP contribution in [0.25, 0.3) is 11.0 Å². The van der Waals surface area contributed by atoms with Gasteiger partial charge >= 0.3 is 0 Å². The summed E-state index contributed by atoms with van der Waals surface area (Å²) >= 11 is 0. The van der Waals surface area contributed by atoms with Crippen molar-refractivity contribution in [1.82, 2.24) is 19.7 Å². The van der Waals surface area contributed by atoms with Crippen LogP contribution in [0.2, 0.25) is 0 Å². The van der Waals surface area contributed by atoms with Gasteiger partial charge in [-0.2, -0.15) is 15.1 Å². The first-order valence-electron chi connectivity index (χ1n) is 8.60. The van der Waals surface area contributed by atoms with E-state index in [1.165, 1.54) is 17.7 Å². The molecule has 2 N–H and O–H groups in total. The van der Waals surface area contributed by atoms with Gasteiger partial charge < -0.3 is 10.6 Å². The van der Waals surface area contributed by atoms with Crippen molar-refractivity contribution >= 4 is 28.5 Å². The van der Waals surface area contributed by atoms with E-state index in [4.69, 9.17) is 0 Å². The molecule has 2 aromatic heterocycles. The zero-order valence-corrected chi connectivity index (χ0v) is 15.1. The molecule has 0 bridgehead atoms. The van der Waals surface area contributed by atoms with Crippen molar-refractivity contribution in [1.29, 1.82) is 0 Å². The molecular formula is C20H19FN6. The molecule has 0 fully saturated rings. The molecule has 6 nitrogen and oxygen atoms in total. The second-order valence-corrected chi connectivity index (χ2v) is 6.37. The number of halogens is 1. The SMILES string of the molecule is Cc1ccc(CNc2nc(Nc3ccc(F)cc3)c3cnn(C)c3n2)cc1. The number of aromatic nitrogens is 4. The highest BCUT2D eigenvalue weighted by Gasteiger charge is 2.12. The normalized spacial score (nSPS) is 10.9. The smallest absolute Gasteiger partial charge is 0.227 e. The Bertz CT molecular complexity index is 1070. The number of benzene rings is 2. The summed E-state index contributed by atoms with van der Waals surface area (Å²) in [7, 11) is 1.83. The average Bonchev–Trinajstić information content (AvgIpc) is 3.04. The minimum atomic E-state index is -0.282. The molecule has 7 heteroatoms. The number of hydrogen-bond acceptors (Lipinski definition) is 5. The molecule has 0 aliphatic heterocycles. The Labute approximate surface area is 156 Å². The van der Waals surface area contributed by atoms with Crippen LogP contribution < -0.4 is 10.6 Å². The Morgan fingerprint density at radius 3 is 2.48 bits per heavy atom. The van der Waals surface area contributed by atoms with E-state index >= 15 is 0 Å². The molecule has 0 spiro atoms. The van der Waals surface area contributed by atoms with E-state index in [1.807, 2.05) is 7.05 Å². The first kappa shape index (κ1) is 17.0. The first-order chi connectivity index (χ1) is 13.1. The number of nitrogens with one attached hydrogen (secondary N) is 2. The predicted octanol–water partition coefficient (Wildman–Crippen LogP) is 4.17. The number of rotatable bonds is 5. The number of anilines is 3. The molecule has 2 heterocycles. The van der Waals surface area contributed by atoms with Crippen molar-refractivity contribution in [2.75, 3.05) is 10.6 Å². The van der Waals surface area contributed by atoms with Crippen molar-refractivity contribution in [2.45, 2.75) is 13.5 Å². The second-order valence-electron chi connectivity index (χ2n) is 6.37. The molecule has 0 radical (unpaired) electrons. The Hall–Kier alpha value is -3.48. The van der Waals surface area contributed by atoms with Crippen LogP contribution in [-0.4, -0.2) is 19.7 Å². The lowest BCUT2D eigenvalue weighted by Gasteiger charge is -2.10. The fourth-order valence-electron chi connectivity index (χ4n) is 2.75. The molecule has 0 saturated carbocycles. The molecule has 27 heavy (non-hydrogen) atoms. The zero-order chi connectivity index (χ0) is 18.8. The fraction of sp³-hybridized carbons (Fsp3) is 0.150. The lowest BCUT2D eigenvalue weighted by molar-refractivity contribution is 0.628. The van der Waals surface area contributed by atoms with Crippen molar-refractivity contribution in [3.05, 3.63) is 71.7 Å². The van der Waals surface area contributed by atoms with Gasteiger partial charge in [0.25, 0.3) is 0 Å². The first-order valence-corrected chi connectivity index (χ1v) is 8.60. The molecule has 4 aromatic rings. The predicted molar refractivity (Wildman–Crippen MR) is 104 cm³/mol. The van der Waals surface area contributed by atoms with E-state index in [2.05, 4.69) is 56.9 Å². The molecule has 0 atom stereocenters. The number of aryl methyl sites for hydroxylation is 2. The van der Waals surface area contributed by atoms with Crippen LogP contribution in [-0.2, 0) is 13.6 Å². The van der Waals surface area contributed by atoms with Crippen molar-refractivity contribution in [3.8, 4) is 0 Å². The molecule has 136 valence electrons. The van der Waals surface area contributed by atoms with E-state index in [-0.39, 0.29) is 5.82 Å². The summed E-state index contributed by atoms with van der Waals surface area (Å²) in [6.07, 6.45) is 1.71. The van der Waals surface area contributed by atoms with E-state index in [0.717, 1.165) is 16.6 Å². The minimum absolute atomic E-state index is 0.282. The molecule has 2 aromatic carbocycles. The maximum absolute atomic E-state index is 13.2. The zero-order valence-electron chi connectivity index (χ0n) is 15.1. The van der Waals surface area contributed by atoms with Crippen LogP contribution in [0.3, 0.4) is 0 Å². The quantitative estimate of drug-likeness (QED) is 0.558. The van der Waals surface area contributed by atoms with Crippen LogP contribution in [0.4, 0.5) is 21.8 Å². The van der Waals surface area contributed by atoms with Gasteiger partial charge in [0, 0.05) is 19.3 Å². The van der Waals surface area contributed by atoms with Gasteiger partial charge in [0.2, 0.25) is 5.95 Å². The Kier molecular flexibility index (Phi) is 4.42. The van der Waals surface area contributed by atoms with Gasteiger partial charge in [0.15, 0.2) is 5.65 Å². The van der Waals surface area contributed by atoms with Crippen LogP contribution in [0.15, 0.2) is 54.7 Å². The van der Waals surface area contributed by atoms with Gasteiger partial charge in [-0.3, -0.25) is 4.68 Å². The third-order valence-electron chi connectivity index (χ3n) is 4.27. The van der Waals surface area contributed by atoms with Crippen molar-refractivity contribution in [3.63, 3.8) is 0 Å². The van der Waals surface area contributed by atoms with Gasteiger partial charge in [0.05, 0.1) is 11.6 Å². The number of nitrogens with zero attached hydrogens (tertiary/aromatic N) is 4. The topological polar surface area (TPSA) is 67.7 Å². The summed E-state index contributed by atoms with van der Waals surface area (Å²) in [4.78, 5) is 9.15. The maximum atomic E-state index is 13.2. The summed E-state index contributed by atoms with van der Waals surface area (Å²) in [5.74, 6) is 0.831. The summed E-state index contributed by atoms with van der Waals surface area (Å²) in [6.45, 7) is 2.67. The van der Waals surface area contributed by atoms with Crippen molar-refractivity contribution < 1.29 is 4.39 Å². The summed E-state index contributed by atoms with van der Waals surface area (Å²) < 4.78 is 14.9. The molecule has 0 saturated heterocycles. The van der Waals surface area contributed by atoms with Crippen LogP contribution >= 0.6 is 0 Å². The van der Waals surface area contributed by atoms with Gasteiger partial charge in [-0.1, -0.05) is 29.8 Å². The standard InChI is InChI=1S/C20H19FN6/c1-13-3-5-14(6-4-13)11-22-20-25-18(17-12-23-27(2)19(17)26-20)24-16-9-7-15(21)8-10-16/h3-10,12H,11H2,1-2H3,(H2,22,24,25,26). The van der Waals surface area contributed by atoms with Crippen LogP contribution in [0.5, 0.6) is 0 Å². The molecule has 0 unspecified atom stereocenters. The second kappa shape index (κ2) is 7.03. The summed E-state index contributed by atoms with van der Waals surface area (Å²) in [5.41, 5.74) is 3.81. The lowest BCUT2D eigenvalue weighted by atomic mass is 10.1. The van der Waals surface area contributed by atoms with Gasteiger partial charge in [-0.15, -0.1) is 0 Å². The molecule has 0 aliphatic carbocycles. The highest BCUT2D eigenvalue weighted by atomic mass is 19.1. The molecule has 4 rings (SSSR count). The Morgan fingerprint density at radius 1 is 1.00 bits per heavy atom. The van der Waals surface area contributed by atoms with Gasteiger partial charge in [0.1, 0.15) is 11.6 Å². The van der Waals surface area contributed by atoms with Crippen molar-refractivity contribution in [2.24, 2.45) is 7.05 Å². The molecular weight excluding hydrogens is 343 g/mol. The Morgan fingerprint density at radius 2 is 1.74 bits per heavy atom. The highest BCUT2D eigenvalue weighted by Crippen LogP contribution is 2.25. The van der Waals surface area contributed by atoms with E-state index < -0.39 is 0 Å². The molecule has 0 aliphatic rings. The van der Waals surface area contributed by atoms with E-state index in [0.29, 0.717) is 24.0 Å². The monoisotopic (exact) mass is 362 g/mol. The third kappa shape index (κ3) is 3.72. The van der Waals surface area contributed by atoms with Gasteiger partial charge in [-0.05, 0) is 36.8 Å². The third-order valence-corrected chi connectivity index (χ3v) is 4.27. The fourth-order valence-corrected chi connectivity index (χ4v) is 2.75. The number of fused-ring (bicyclic) bond motifs is 1. The Balaban J connectivity index is 1.63. The average molecular weight is 362 g/mol. The van der Waals surface area contributed by atoms with Gasteiger partial charge in [-0.25, -0.2) is 4.39 Å². The maximum Gasteiger partial charge on any atom is 0.227 e. The van der Waals surface area contributed by atoms with E-state index in [1.54, 1.807) is 23.0 Å². The van der Waals surface area contributed by atoms with Crippen LogP contribution in [0, 0.1) is 12.7 Å². The minimum Gasteiger partial charge on any atom is -0.350 e. The summed E-state index contributed by atoms with van der Waals surface area (Å²) in [5, 5.41) is 11.5. The largest absolute Gasteiger partial charge is 0.350 e. The lowest BCUT2D eigenvalue weighted by Crippen LogP contribution is -2.07. The summed E-state index contributed by atoms with van der Waals surface area (Å²) in [6, 6.07) is 14.4.